The molecule has 2 aromatic rings. The van der Waals surface area contributed by atoms with Gasteiger partial charge in [-0.05, 0) is 56.2 Å². The van der Waals surface area contributed by atoms with Crippen molar-refractivity contribution in [2.24, 2.45) is 0 Å². The average Bonchev–Trinajstić information content (AvgIpc) is 2.48. The zero-order chi connectivity index (χ0) is 15.9. The summed E-state index contributed by atoms with van der Waals surface area (Å²) >= 11 is 0. The highest BCUT2D eigenvalue weighted by Crippen LogP contribution is 2.18. The van der Waals surface area contributed by atoms with Crippen molar-refractivity contribution < 1.29 is 9.53 Å². The standard InChI is InChI=1S/C18H22N2O2/c1-13-5-8-16(9-6-13)22-11-3-4-18(21)20-17-10-7-15(19)12-14(17)2/h5-10,12H,3-4,11,19H2,1-2H3,(H,20,21). The molecule has 0 saturated heterocycles. The van der Waals surface area contributed by atoms with Gasteiger partial charge in [-0.1, -0.05) is 17.7 Å². The lowest BCUT2D eigenvalue weighted by Crippen LogP contribution is -2.13. The molecule has 0 radical (unpaired) electrons. The second-order valence-electron chi connectivity index (χ2n) is 5.39. The Hall–Kier alpha value is -2.49. The number of hydrogen-bond donors (Lipinski definition) is 2. The first kappa shape index (κ1) is 15.9. The Bertz CT molecular complexity index is 636. The van der Waals surface area contributed by atoms with E-state index >= 15 is 0 Å². The monoisotopic (exact) mass is 298 g/mol. The third-order valence-electron chi connectivity index (χ3n) is 3.36. The van der Waals surface area contributed by atoms with Crippen molar-refractivity contribution in [3.8, 4) is 5.75 Å². The van der Waals surface area contributed by atoms with Crippen molar-refractivity contribution >= 4 is 17.3 Å². The molecular weight excluding hydrogens is 276 g/mol. The number of carbonyl (C=O) groups is 1. The van der Waals surface area contributed by atoms with Gasteiger partial charge in [0.15, 0.2) is 0 Å². The summed E-state index contributed by atoms with van der Waals surface area (Å²) in [5.41, 5.74) is 9.35. The van der Waals surface area contributed by atoms with E-state index in [1.807, 2.05) is 50.2 Å². The summed E-state index contributed by atoms with van der Waals surface area (Å²) in [6.07, 6.45) is 1.10. The topological polar surface area (TPSA) is 64.3 Å². The molecule has 0 heterocycles. The molecule has 0 saturated carbocycles. The molecule has 22 heavy (non-hydrogen) atoms. The number of rotatable bonds is 6. The lowest BCUT2D eigenvalue weighted by Gasteiger charge is -2.09. The quantitative estimate of drug-likeness (QED) is 0.631. The van der Waals surface area contributed by atoms with Gasteiger partial charge < -0.3 is 15.8 Å². The van der Waals surface area contributed by atoms with E-state index < -0.39 is 0 Å². The molecular formula is C18H22N2O2. The van der Waals surface area contributed by atoms with Gasteiger partial charge in [-0.15, -0.1) is 0 Å². The first-order valence-electron chi connectivity index (χ1n) is 7.40. The summed E-state index contributed by atoms with van der Waals surface area (Å²) < 4.78 is 5.60. The van der Waals surface area contributed by atoms with Gasteiger partial charge in [0.2, 0.25) is 5.91 Å². The van der Waals surface area contributed by atoms with Crippen LogP contribution < -0.4 is 15.8 Å². The van der Waals surface area contributed by atoms with E-state index in [4.69, 9.17) is 10.5 Å². The van der Waals surface area contributed by atoms with E-state index in [2.05, 4.69) is 5.32 Å². The van der Waals surface area contributed by atoms with E-state index in [-0.39, 0.29) is 5.91 Å². The lowest BCUT2D eigenvalue weighted by molar-refractivity contribution is -0.116. The number of hydrogen-bond acceptors (Lipinski definition) is 3. The van der Waals surface area contributed by atoms with Crippen LogP contribution in [-0.4, -0.2) is 12.5 Å². The van der Waals surface area contributed by atoms with Crippen LogP contribution in [0.1, 0.15) is 24.0 Å². The maximum Gasteiger partial charge on any atom is 0.224 e. The maximum absolute atomic E-state index is 11.9. The number of benzene rings is 2. The van der Waals surface area contributed by atoms with Crippen molar-refractivity contribution in [1.82, 2.24) is 0 Å². The Balaban J connectivity index is 1.72. The molecule has 0 spiro atoms. The minimum atomic E-state index is -0.0135. The zero-order valence-electron chi connectivity index (χ0n) is 13.1. The van der Waals surface area contributed by atoms with E-state index in [1.165, 1.54) is 5.56 Å². The molecule has 0 aromatic heterocycles. The van der Waals surface area contributed by atoms with Gasteiger partial charge in [-0.3, -0.25) is 4.79 Å². The van der Waals surface area contributed by atoms with Crippen molar-refractivity contribution in [3.05, 3.63) is 53.6 Å². The minimum Gasteiger partial charge on any atom is -0.494 e. The second kappa shape index (κ2) is 7.50. The second-order valence-corrected chi connectivity index (χ2v) is 5.39. The van der Waals surface area contributed by atoms with E-state index in [1.54, 1.807) is 6.07 Å². The van der Waals surface area contributed by atoms with Crippen LogP contribution in [0.25, 0.3) is 0 Å². The van der Waals surface area contributed by atoms with E-state index in [0.29, 0.717) is 25.1 Å². The molecule has 3 N–H and O–H groups in total. The average molecular weight is 298 g/mol. The Labute approximate surface area is 131 Å². The van der Waals surface area contributed by atoms with E-state index in [9.17, 15) is 4.79 Å². The predicted molar refractivity (Wildman–Crippen MR) is 90.1 cm³/mol. The van der Waals surface area contributed by atoms with Gasteiger partial charge in [0.25, 0.3) is 0 Å². The van der Waals surface area contributed by atoms with Gasteiger partial charge in [-0.25, -0.2) is 0 Å². The molecule has 0 aliphatic heterocycles. The predicted octanol–water partition coefficient (Wildman–Crippen LogP) is 3.68. The molecule has 4 heteroatoms. The molecule has 0 aliphatic carbocycles. The number of amides is 1. The molecule has 1 amide bonds. The first-order chi connectivity index (χ1) is 10.5. The molecule has 4 nitrogen and oxygen atoms in total. The highest BCUT2D eigenvalue weighted by molar-refractivity contribution is 5.91. The number of aryl methyl sites for hydroxylation is 2. The van der Waals surface area contributed by atoms with E-state index in [0.717, 1.165) is 17.0 Å². The Morgan fingerprint density at radius 2 is 1.86 bits per heavy atom. The molecule has 0 atom stereocenters. The fourth-order valence-corrected chi connectivity index (χ4v) is 2.10. The Kier molecular flexibility index (Phi) is 5.42. The Morgan fingerprint density at radius 3 is 2.55 bits per heavy atom. The molecule has 0 unspecified atom stereocenters. The Morgan fingerprint density at radius 1 is 1.14 bits per heavy atom. The van der Waals surface area contributed by atoms with Crippen LogP contribution in [0, 0.1) is 13.8 Å². The van der Waals surface area contributed by atoms with Crippen molar-refractivity contribution in [3.63, 3.8) is 0 Å². The van der Waals surface area contributed by atoms with Crippen LogP contribution in [0.3, 0.4) is 0 Å². The lowest BCUT2D eigenvalue weighted by atomic mass is 10.1. The first-order valence-corrected chi connectivity index (χ1v) is 7.40. The normalized spacial score (nSPS) is 10.3. The van der Waals surface area contributed by atoms with Crippen LogP contribution in [0.15, 0.2) is 42.5 Å². The summed E-state index contributed by atoms with van der Waals surface area (Å²) in [6, 6.07) is 13.3. The highest BCUT2D eigenvalue weighted by atomic mass is 16.5. The van der Waals surface area contributed by atoms with Gasteiger partial charge in [0.1, 0.15) is 5.75 Å². The molecule has 2 rings (SSSR count). The molecule has 0 aliphatic rings. The molecule has 116 valence electrons. The van der Waals surface area contributed by atoms with Gasteiger partial charge in [-0.2, -0.15) is 0 Å². The summed E-state index contributed by atoms with van der Waals surface area (Å²) in [5.74, 6) is 0.820. The van der Waals surface area contributed by atoms with Crippen LogP contribution in [-0.2, 0) is 4.79 Å². The van der Waals surface area contributed by atoms with Crippen molar-refractivity contribution in [2.75, 3.05) is 17.7 Å². The summed E-state index contributed by atoms with van der Waals surface area (Å²) in [5, 5.41) is 2.89. The third kappa shape index (κ3) is 4.81. The largest absolute Gasteiger partial charge is 0.494 e. The van der Waals surface area contributed by atoms with Crippen molar-refractivity contribution in [2.45, 2.75) is 26.7 Å². The summed E-state index contributed by atoms with van der Waals surface area (Å²) in [7, 11) is 0. The van der Waals surface area contributed by atoms with Crippen LogP contribution in [0.2, 0.25) is 0 Å². The summed E-state index contributed by atoms with van der Waals surface area (Å²) in [4.78, 5) is 11.9. The number of carbonyl (C=O) groups excluding carboxylic acids is 1. The minimum absolute atomic E-state index is 0.0135. The third-order valence-corrected chi connectivity index (χ3v) is 3.36. The van der Waals surface area contributed by atoms with Gasteiger partial charge in [0.05, 0.1) is 6.61 Å². The molecule has 0 fully saturated rings. The summed E-state index contributed by atoms with van der Waals surface area (Å²) in [6.45, 7) is 4.48. The number of nitrogens with two attached hydrogens (primary N) is 1. The van der Waals surface area contributed by atoms with Crippen LogP contribution in [0.4, 0.5) is 11.4 Å². The number of ether oxygens (including phenoxy) is 1. The van der Waals surface area contributed by atoms with Gasteiger partial charge in [0, 0.05) is 17.8 Å². The SMILES string of the molecule is Cc1ccc(OCCCC(=O)Nc2ccc(N)cc2C)cc1. The number of nitrogens with one attached hydrogen (secondary N) is 1. The number of anilines is 2. The van der Waals surface area contributed by atoms with Crippen molar-refractivity contribution in [1.29, 1.82) is 0 Å². The highest BCUT2D eigenvalue weighted by Gasteiger charge is 2.05. The smallest absolute Gasteiger partial charge is 0.224 e. The van der Waals surface area contributed by atoms with Crippen LogP contribution >= 0.6 is 0 Å². The fourth-order valence-electron chi connectivity index (χ4n) is 2.10. The van der Waals surface area contributed by atoms with Crippen LogP contribution in [0.5, 0.6) is 5.75 Å². The molecule has 0 bridgehead atoms. The zero-order valence-corrected chi connectivity index (χ0v) is 13.1. The molecule has 2 aromatic carbocycles. The maximum atomic E-state index is 11.9. The number of nitrogen functional groups attached to an aromatic ring is 1. The fraction of sp³-hybridized carbons (Fsp3) is 0.278. The van der Waals surface area contributed by atoms with Gasteiger partial charge >= 0.3 is 0 Å².